The first kappa shape index (κ1) is 20.1. The minimum absolute atomic E-state index is 0.255. The molecule has 0 aromatic heterocycles. The van der Waals surface area contributed by atoms with Crippen molar-refractivity contribution in [3.05, 3.63) is 24.0 Å². The number of piperidine rings is 2. The van der Waals surface area contributed by atoms with Crippen LogP contribution in [0.1, 0.15) is 25.7 Å². The van der Waals surface area contributed by atoms with E-state index >= 15 is 0 Å². The lowest BCUT2D eigenvalue weighted by Crippen LogP contribution is -2.47. The molecular weight excluding hydrogens is 373 g/mol. The summed E-state index contributed by atoms with van der Waals surface area (Å²) in [7, 11) is 0. The van der Waals surface area contributed by atoms with Crippen molar-refractivity contribution in [2.24, 2.45) is 5.92 Å². The smallest absolute Gasteiger partial charge is 0.249 e. The first-order valence-electron chi connectivity index (χ1n) is 10.7. The summed E-state index contributed by atoms with van der Waals surface area (Å²) in [5.41, 5.74) is 1.19. The molecule has 2 amide bonds. The van der Waals surface area contributed by atoms with Gasteiger partial charge in [-0.25, -0.2) is 4.39 Å². The molecular formula is C21H30FN5O2. The highest BCUT2D eigenvalue weighted by Crippen LogP contribution is 2.28. The summed E-state index contributed by atoms with van der Waals surface area (Å²) in [5.74, 6) is -0.198. The van der Waals surface area contributed by atoms with E-state index in [9.17, 15) is 14.0 Å². The zero-order valence-electron chi connectivity index (χ0n) is 16.8. The summed E-state index contributed by atoms with van der Waals surface area (Å²) in [4.78, 5) is 27.8. The van der Waals surface area contributed by atoms with Gasteiger partial charge in [-0.1, -0.05) is 0 Å². The van der Waals surface area contributed by atoms with Gasteiger partial charge in [-0.15, -0.1) is 0 Å². The van der Waals surface area contributed by atoms with Gasteiger partial charge in [-0.05, 0) is 43.4 Å². The Morgan fingerprint density at radius 2 is 1.83 bits per heavy atom. The fraction of sp³-hybridized carbons (Fsp3) is 0.619. The molecule has 29 heavy (non-hydrogen) atoms. The van der Waals surface area contributed by atoms with E-state index in [-0.39, 0.29) is 17.6 Å². The second-order valence-corrected chi connectivity index (χ2v) is 8.30. The Kier molecular flexibility index (Phi) is 6.30. The van der Waals surface area contributed by atoms with Gasteiger partial charge < -0.3 is 20.4 Å². The molecule has 3 aliphatic rings. The number of amides is 2. The first-order chi connectivity index (χ1) is 14.1. The fourth-order valence-electron chi connectivity index (χ4n) is 4.50. The molecule has 1 aromatic carbocycles. The van der Waals surface area contributed by atoms with E-state index in [0.717, 1.165) is 58.7 Å². The van der Waals surface area contributed by atoms with E-state index in [1.54, 1.807) is 6.07 Å². The number of halogens is 1. The summed E-state index contributed by atoms with van der Waals surface area (Å²) in [6.07, 6.45) is 2.89. The van der Waals surface area contributed by atoms with E-state index < -0.39 is 6.04 Å². The number of nitrogens with zero attached hydrogens (tertiary/aromatic N) is 2. The second-order valence-electron chi connectivity index (χ2n) is 8.30. The van der Waals surface area contributed by atoms with Crippen molar-refractivity contribution in [2.45, 2.75) is 31.7 Å². The number of hydrogen-bond acceptors (Lipinski definition) is 6. The van der Waals surface area contributed by atoms with E-state index in [1.807, 2.05) is 6.07 Å². The minimum atomic E-state index is -0.501. The lowest BCUT2D eigenvalue weighted by Gasteiger charge is -2.37. The standard InChI is InChI=1S/C21H30FN5O2/c22-17-13-16(24-18-2-4-20(28)25-21(18)29)1-3-19(17)27-9-5-15(6-10-27)14-26-11-7-23-8-12-26/h1,3,13,15,18,23-24H,2,4-12,14H2,(H,25,28,29). The molecule has 1 aromatic rings. The van der Waals surface area contributed by atoms with Crippen LogP contribution in [0.5, 0.6) is 0 Å². The number of imide groups is 1. The molecule has 0 radical (unpaired) electrons. The molecule has 158 valence electrons. The molecule has 3 saturated heterocycles. The highest BCUT2D eigenvalue weighted by Gasteiger charge is 2.27. The van der Waals surface area contributed by atoms with Crippen LogP contribution in [-0.2, 0) is 9.59 Å². The normalized spacial score (nSPS) is 24.4. The molecule has 3 N–H and O–H groups in total. The second kappa shape index (κ2) is 9.09. The summed E-state index contributed by atoms with van der Waals surface area (Å²) in [6.45, 7) is 7.27. The topological polar surface area (TPSA) is 76.7 Å². The summed E-state index contributed by atoms with van der Waals surface area (Å²) < 4.78 is 14.8. The number of carbonyl (C=O) groups is 2. The third-order valence-electron chi connectivity index (χ3n) is 6.21. The van der Waals surface area contributed by atoms with Crippen LogP contribution in [0.2, 0.25) is 0 Å². The highest BCUT2D eigenvalue weighted by molar-refractivity contribution is 6.01. The minimum Gasteiger partial charge on any atom is -0.374 e. The van der Waals surface area contributed by atoms with Crippen molar-refractivity contribution < 1.29 is 14.0 Å². The Hall–Kier alpha value is -2.19. The monoisotopic (exact) mass is 403 g/mol. The Morgan fingerprint density at radius 3 is 2.52 bits per heavy atom. The number of nitrogens with one attached hydrogen (secondary N) is 3. The number of hydrogen-bond donors (Lipinski definition) is 3. The Bertz CT molecular complexity index is 745. The molecule has 4 rings (SSSR count). The third-order valence-corrected chi connectivity index (χ3v) is 6.21. The lowest BCUT2D eigenvalue weighted by atomic mass is 9.95. The lowest BCUT2D eigenvalue weighted by molar-refractivity contribution is -0.133. The molecule has 7 nitrogen and oxygen atoms in total. The van der Waals surface area contributed by atoms with Gasteiger partial charge in [0.1, 0.15) is 11.9 Å². The Morgan fingerprint density at radius 1 is 1.07 bits per heavy atom. The predicted molar refractivity (Wildman–Crippen MR) is 110 cm³/mol. The maximum absolute atomic E-state index is 14.8. The van der Waals surface area contributed by atoms with Gasteiger partial charge in [0.2, 0.25) is 11.8 Å². The largest absolute Gasteiger partial charge is 0.374 e. The summed E-state index contributed by atoms with van der Waals surface area (Å²) in [6, 6.07) is 4.56. The van der Waals surface area contributed by atoms with Crippen molar-refractivity contribution in [2.75, 3.05) is 56.0 Å². The molecule has 1 unspecified atom stereocenters. The van der Waals surface area contributed by atoms with Crippen molar-refractivity contribution in [1.29, 1.82) is 0 Å². The zero-order chi connectivity index (χ0) is 20.2. The maximum Gasteiger partial charge on any atom is 0.249 e. The van der Waals surface area contributed by atoms with Crippen LogP contribution in [0.4, 0.5) is 15.8 Å². The van der Waals surface area contributed by atoms with Crippen molar-refractivity contribution in [3.8, 4) is 0 Å². The quantitative estimate of drug-likeness (QED) is 0.641. The molecule has 0 bridgehead atoms. The van der Waals surface area contributed by atoms with Crippen molar-refractivity contribution in [3.63, 3.8) is 0 Å². The predicted octanol–water partition coefficient (Wildman–Crippen LogP) is 1.16. The van der Waals surface area contributed by atoms with Crippen LogP contribution in [0, 0.1) is 11.7 Å². The van der Waals surface area contributed by atoms with E-state index in [2.05, 4.69) is 25.8 Å². The molecule has 3 fully saturated rings. The average Bonchev–Trinajstić information content (AvgIpc) is 2.72. The molecule has 3 aliphatic heterocycles. The van der Waals surface area contributed by atoms with E-state index in [4.69, 9.17) is 0 Å². The molecule has 0 saturated carbocycles. The number of rotatable bonds is 5. The van der Waals surface area contributed by atoms with Gasteiger partial charge in [-0.3, -0.25) is 14.9 Å². The number of carbonyl (C=O) groups excluding carboxylic acids is 2. The average molecular weight is 404 g/mol. The fourth-order valence-corrected chi connectivity index (χ4v) is 4.50. The first-order valence-corrected chi connectivity index (χ1v) is 10.7. The van der Waals surface area contributed by atoms with Gasteiger partial charge in [0.05, 0.1) is 5.69 Å². The van der Waals surface area contributed by atoms with E-state index in [0.29, 0.717) is 30.1 Å². The van der Waals surface area contributed by atoms with Crippen LogP contribution in [0.25, 0.3) is 0 Å². The van der Waals surface area contributed by atoms with Gasteiger partial charge in [0.15, 0.2) is 0 Å². The Labute approximate surface area is 171 Å². The van der Waals surface area contributed by atoms with Crippen LogP contribution in [0.15, 0.2) is 18.2 Å². The molecule has 0 spiro atoms. The molecule has 1 atom stereocenters. The maximum atomic E-state index is 14.8. The van der Waals surface area contributed by atoms with Crippen molar-refractivity contribution in [1.82, 2.24) is 15.5 Å². The summed E-state index contributed by atoms with van der Waals surface area (Å²) in [5, 5.41) is 8.74. The van der Waals surface area contributed by atoms with Gasteiger partial charge >= 0.3 is 0 Å². The summed E-state index contributed by atoms with van der Waals surface area (Å²) >= 11 is 0. The van der Waals surface area contributed by atoms with Crippen LogP contribution >= 0.6 is 0 Å². The molecule has 0 aliphatic carbocycles. The number of piperazine rings is 1. The third kappa shape index (κ3) is 5.05. The molecule has 8 heteroatoms. The highest BCUT2D eigenvalue weighted by atomic mass is 19.1. The van der Waals surface area contributed by atoms with Crippen molar-refractivity contribution >= 4 is 23.2 Å². The molecule has 3 heterocycles. The SMILES string of the molecule is O=C1CCC(Nc2ccc(N3CCC(CN4CCNCC4)CC3)c(F)c2)C(=O)N1. The van der Waals surface area contributed by atoms with Crippen LogP contribution in [-0.4, -0.2) is 68.6 Å². The number of anilines is 2. The number of benzene rings is 1. The van der Waals surface area contributed by atoms with Gasteiger partial charge in [-0.2, -0.15) is 0 Å². The Balaban J connectivity index is 1.30. The van der Waals surface area contributed by atoms with Gasteiger partial charge in [0, 0.05) is 57.9 Å². The van der Waals surface area contributed by atoms with Crippen LogP contribution < -0.4 is 20.9 Å². The van der Waals surface area contributed by atoms with Crippen LogP contribution in [0.3, 0.4) is 0 Å². The zero-order valence-corrected chi connectivity index (χ0v) is 16.8. The van der Waals surface area contributed by atoms with Gasteiger partial charge in [0.25, 0.3) is 0 Å². The van der Waals surface area contributed by atoms with E-state index in [1.165, 1.54) is 6.07 Å².